The van der Waals surface area contributed by atoms with Crippen molar-refractivity contribution >= 4 is 22.4 Å². The van der Waals surface area contributed by atoms with E-state index >= 15 is 0 Å². The first-order valence-corrected chi connectivity index (χ1v) is 8.24. The van der Waals surface area contributed by atoms with Crippen molar-refractivity contribution in [3.8, 4) is 22.7 Å². The van der Waals surface area contributed by atoms with Crippen molar-refractivity contribution < 1.29 is 4.74 Å². The van der Waals surface area contributed by atoms with E-state index in [0.717, 1.165) is 33.6 Å². The molecule has 0 amide bonds. The molecular weight excluding hydrogens is 316 g/mol. The fourth-order valence-electron chi connectivity index (χ4n) is 2.55. The lowest BCUT2D eigenvalue weighted by Crippen LogP contribution is -2.28. The smallest absolute Gasteiger partial charge is 0.130 e. The Bertz CT molecular complexity index is 871. The lowest BCUT2D eigenvalue weighted by atomic mass is 9.85. The number of aryl methyl sites for hydroxylation is 1. The fraction of sp³-hybridized carbons (Fsp3) is 0.222. The molecule has 6 heteroatoms. The van der Waals surface area contributed by atoms with Gasteiger partial charge in [-0.15, -0.1) is 9.24 Å². The van der Waals surface area contributed by atoms with E-state index in [1.165, 1.54) is 0 Å². The molecule has 1 aromatic carbocycles. The Balaban J connectivity index is 2.06. The van der Waals surface area contributed by atoms with Crippen molar-refractivity contribution in [2.75, 3.05) is 0 Å². The highest BCUT2D eigenvalue weighted by molar-refractivity contribution is 7.27. The van der Waals surface area contributed by atoms with Crippen LogP contribution in [0.3, 0.4) is 0 Å². The highest BCUT2D eigenvalue weighted by atomic mass is 31.0. The van der Waals surface area contributed by atoms with Gasteiger partial charge in [0.15, 0.2) is 0 Å². The third kappa shape index (κ3) is 3.85. The minimum absolute atomic E-state index is 0.733. The standard InChI is InChI=1S/C18H19BN3OP/c1-12-6-13(8-15(7-12)23-18(2,3)19)17-4-5-21-22(17)14-9-16(24)11-20-10-14/h4-11H,24H2,1-3H3. The Hall–Kier alpha value is -2.13. The molecule has 3 aromatic rings. The van der Waals surface area contributed by atoms with Crippen molar-refractivity contribution in [3.05, 3.63) is 54.5 Å². The number of benzene rings is 1. The molecule has 0 saturated carbocycles. The molecule has 0 fully saturated rings. The van der Waals surface area contributed by atoms with Crippen LogP contribution < -0.4 is 10.0 Å². The average molecular weight is 335 g/mol. The topological polar surface area (TPSA) is 39.9 Å². The van der Waals surface area contributed by atoms with Gasteiger partial charge in [-0.2, -0.15) is 5.10 Å². The van der Waals surface area contributed by atoms with Crippen molar-refractivity contribution in [2.24, 2.45) is 0 Å². The summed E-state index contributed by atoms with van der Waals surface area (Å²) in [4.78, 5) is 4.24. The lowest BCUT2D eigenvalue weighted by molar-refractivity contribution is 0.198. The summed E-state index contributed by atoms with van der Waals surface area (Å²) in [6, 6.07) is 10.0. The molecular formula is C18H19BN3OP. The van der Waals surface area contributed by atoms with Crippen LogP contribution in [-0.4, -0.2) is 28.1 Å². The SMILES string of the molecule is [B]C(C)(C)Oc1cc(C)cc(-c2ccnn2-c2cncc(P)c2)c1. The molecule has 1 atom stereocenters. The molecule has 2 heterocycles. The first-order valence-electron chi connectivity index (χ1n) is 7.67. The van der Waals surface area contributed by atoms with E-state index < -0.39 is 5.50 Å². The minimum Gasteiger partial charge on any atom is -0.498 e. The first kappa shape index (κ1) is 16.7. The van der Waals surface area contributed by atoms with E-state index in [4.69, 9.17) is 12.6 Å². The lowest BCUT2D eigenvalue weighted by Gasteiger charge is -2.23. The quantitative estimate of drug-likeness (QED) is 0.544. The second kappa shape index (κ2) is 6.41. The van der Waals surface area contributed by atoms with Crippen molar-refractivity contribution in [1.82, 2.24) is 14.8 Å². The molecule has 0 aliphatic rings. The van der Waals surface area contributed by atoms with Gasteiger partial charge in [-0.3, -0.25) is 4.98 Å². The molecule has 0 saturated heterocycles. The Morgan fingerprint density at radius 3 is 2.67 bits per heavy atom. The number of hydrogen-bond acceptors (Lipinski definition) is 3. The molecule has 0 spiro atoms. The van der Waals surface area contributed by atoms with Gasteiger partial charge in [0, 0.05) is 11.8 Å². The van der Waals surface area contributed by atoms with Crippen molar-refractivity contribution in [1.29, 1.82) is 0 Å². The number of ether oxygens (including phenoxy) is 1. The van der Waals surface area contributed by atoms with Gasteiger partial charge >= 0.3 is 0 Å². The molecule has 1 unspecified atom stereocenters. The largest absolute Gasteiger partial charge is 0.498 e. The monoisotopic (exact) mass is 335 g/mol. The number of rotatable bonds is 4. The average Bonchev–Trinajstić information content (AvgIpc) is 2.94. The third-order valence-corrected chi connectivity index (χ3v) is 3.68. The highest BCUT2D eigenvalue weighted by Gasteiger charge is 2.14. The van der Waals surface area contributed by atoms with E-state index in [1.807, 2.05) is 49.7 Å². The summed E-state index contributed by atoms with van der Waals surface area (Å²) in [6.45, 7) is 5.69. The Labute approximate surface area is 145 Å². The van der Waals surface area contributed by atoms with E-state index in [2.05, 4.69) is 25.4 Å². The zero-order valence-electron chi connectivity index (χ0n) is 14.0. The highest BCUT2D eigenvalue weighted by Crippen LogP contribution is 2.28. The van der Waals surface area contributed by atoms with Gasteiger partial charge in [0.2, 0.25) is 0 Å². The summed E-state index contributed by atoms with van der Waals surface area (Å²) >= 11 is 0. The molecule has 2 radical (unpaired) electrons. The molecule has 3 rings (SSSR count). The minimum atomic E-state index is -0.733. The van der Waals surface area contributed by atoms with Crippen LogP contribution in [0.1, 0.15) is 19.4 Å². The van der Waals surface area contributed by atoms with Crippen LogP contribution in [-0.2, 0) is 0 Å². The Kier molecular flexibility index (Phi) is 4.46. The van der Waals surface area contributed by atoms with E-state index in [0.29, 0.717) is 0 Å². The van der Waals surface area contributed by atoms with E-state index in [-0.39, 0.29) is 0 Å². The van der Waals surface area contributed by atoms with Gasteiger partial charge in [-0.05, 0) is 62.0 Å². The maximum atomic E-state index is 5.97. The van der Waals surface area contributed by atoms with Crippen LogP contribution in [0.2, 0.25) is 0 Å². The van der Waals surface area contributed by atoms with Gasteiger partial charge in [0.1, 0.15) is 13.6 Å². The second-order valence-corrected chi connectivity index (χ2v) is 7.01. The summed E-state index contributed by atoms with van der Waals surface area (Å²) in [5.41, 5.74) is 3.25. The normalized spacial score (nSPS) is 11.5. The predicted octanol–water partition coefficient (Wildman–Crippen LogP) is 3.03. The Morgan fingerprint density at radius 2 is 1.96 bits per heavy atom. The summed E-state index contributed by atoms with van der Waals surface area (Å²) in [5.74, 6) is 0.739. The second-order valence-electron chi connectivity index (χ2n) is 6.34. The summed E-state index contributed by atoms with van der Waals surface area (Å²) in [6.07, 6.45) is 5.36. The van der Waals surface area contributed by atoms with Gasteiger partial charge in [0.05, 0.1) is 29.3 Å². The molecule has 2 aromatic heterocycles. The maximum absolute atomic E-state index is 5.97. The van der Waals surface area contributed by atoms with Crippen LogP contribution in [0.4, 0.5) is 0 Å². The van der Waals surface area contributed by atoms with Gasteiger partial charge in [-0.1, -0.05) is 0 Å². The molecule has 0 aliphatic carbocycles. The molecule has 0 aliphatic heterocycles. The van der Waals surface area contributed by atoms with Crippen LogP contribution >= 0.6 is 9.24 Å². The van der Waals surface area contributed by atoms with E-state index in [9.17, 15) is 0 Å². The number of nitrogens with zero attached hydrogens (tertiary/aromatic N) is 3. The summed E-state index contributed by atoms with van der Waals surface area (Å²) < 4.78 is 7.69. The number of pyridine rings is 1. The third-order valence-electron chi connectivity index (χ3n) is 3.36. The van der Waals surface area contributed by atoms with Gasteiger partial charge < -0.3 is 4.74 Å². The molecule has 0 bridgehead atoms. The molecule has 24 heavy (non-hydrogen) atoms. The van der Waals surface area contributed by atoms with Crippen LogP contribution in [0, 0.1) is 6.92 Å². The number of aromatic nitrogens is 3. The zero-order valence-corrected chi connectivity index (χ0v) is 15.2. The van der Waals surface area contributed by atoms with Crippen molar-refractivity contribution in [3.63, 3.8) is 0 Å². The van der Waals surface area contributed by atoms with Gasteiger partial charge in [0.25, 0.3) is 0 Å². The fourth-order valence-corrected chi connectivity index (χ4v) is 2.80. The van der Waals surface area contributed by atoms with Crippen LogP contribution in [0.5, 0.6) is 5.75 Å². The zero-order chi connectivity index (χ0) is 17.3. The molecule has 0 N–H and O–H groups in total. The predicted molar refractivity (Wildman–Crippen MR) is 101 cm³/mol. The van der Waals surface area contributed by atoms with Gasteiger partial charge in [-0.25, -0.2) is 4.68 Å². The molecule has 4 nitrogen and oxygen atoms in total. The molecule has 120 valence electrons. The summed E-state index contributed by atoms with van der Waals surface area (Å²) in [5, 5.41) is 5.45. The maximum Gasteiger partial charge on any atom is 0.130 e. The van der Waals surface area contributed by atoms with Crippen LogP contribution in [0.15, 0.2) is 48.9 Å². The number of hydrogen-bond donors (Lipinski definition) is 0. The van der Waals surface area contributed by atoms with Crippen LogP contribution in [0.25, 0.3) is 16.9 Å². The first-order chi connectivity index (χ1) is 11.3. The van der Waals surface area contributed by atoms with Crippen molar-refractivity contribution in [2.45, 2.75) is 26.3 Å². The van der Waals surface area contributed by atoms with E-state index in [1.54, 1.807) is 18.6 Å². The Morgan fingerprint density at radius 1 is 1.17 bits per heavy atom. The summed E-state index contributed by atoms with van der Waals surface area (Å²) in [7, 11) is 8.63.